The average Bonchev–Trinajstić information content (AvgIpc) is 3.02. The number of hydrogen-bond donors (Lipinski definition) is 2. The van der Waals surface area contributed by atoms with Gasteiger partial charge in [0.1, 0.15) is 0 Å². The zero-order chi connectivity index (χ0) is 33.5. The SMILES string of the molecule is N=CCC[C@](CCN1CCC(N2CCCCC2)CC1)(CC(=N)C(=O)Cc1cc(C(F)(F)F)cc(C(F)(F)F)c1)c1cccc(Cl)c1. The van der Waals surface area contributed by atoms with Gasteiger partial charge in [-0.1, -0.05) is 30.2 Å². The van der Waals surface area contributed by atoms with Crippen LogP contribution in [0.4, 0.5) is 26.3 Å². The maximum absolute atomic E-state index is 13.4. The maximum atomic E-state index is 13.4. The van der Waals surface area contributed by atoms with Crippen molar-refractivity contribution < 1.29 is 31.1 Å². The number of carbonyl (C=O) groups is 1. The Balaban J connectivity index is 1.54. The Morgan fingerprint density at radius 2 is 1.50 bits per heavy atom. The summed E-state index contributed by atoms with van der Waals surface area (Å²) < 4.78 is 80.5. The zero-order valence-electron chi connectivity index (χ0n) is 25.8. The number of halogens is 7. The summed E-state index contributed by atoms with van der Waals surface area (Å²) in [5.74, 6) is -0.851. The van der Waals surface area contributed by atoms with E-state index in [0.29, 0.717) is 49.0 Å². The molecule has 5 nitrogen and oxygen atoms in total. The Labute approximate surface area is 271 Å². The van der Waals surface area contributed by atoms with Gasteiger partial charge in [-0.3, -0.25) is 4.79 Å². The number of ketones is 1. The second kappa shape index (κ2) is 15.4. The first kappa shape index (κ1) is 36.1. The summed E-state index contributed by atoms with van der Waals surface area (Å²) in [5, 5.41) is 16.9. The van der Waals surface area contributed by atoms with E-state index in [1.165, 1.54) is 25.5 Å². The number of nitrogens with zero attached hydrogens (tertiary/aromatic N) is 2. The molecule has 46 heavy (non-hydrogen) atoms. The number of piperidine rings is 2. The summed E-state index contributed by atoms with van der Waals surface area (Å²) in [4.78, 5) is 18.3. The number of carbonyl (C=O) groups excluding carboxylic acids is 1. The van der Waals surface area contributed by atoms with E-state index in [4.69, 9.17) is 22.4 Å². The van der Waals surface area contributed by atoms with Gasteiger partial charge in [0.15, 0.2) is 5.78 Å². The molecule has 0 amide bonds. The van der Waals surface area contributed by atoms with Crippen LogP contribution < -0.4 is 0 Å². The number of hydrogen-bond acceptors (Lipinski definition) is 5. The van der Waals surface area contributed by atoms with E-state index in [0.717, 1.165) is 44.6 Å². The first-order valence-electron chi connectivity index (χ1n) is 15.8. The van der Waals surface area contributed by atoms with Crippen LogP contribution in [0, 0.1) is 10.8 Å². The van der Waals surface area contributed by atoms with E-state index < -0.39 is 46.7 Å². The molecule has 0 aliphatic carbocycles. The van der Waals surface area contributed by atoms with Gasteiger partial charge in [0.2, 0.25) is 0 Å². The molecule has 0 aromatic heterocycles. The Morgan fingerprint density at radius 3 is 2.07 bits per heavy atom. The summed E-state index contributed by atoms with van der Waals surface area (Å²) in [6.07, 6.45) is -2.52. The molecule has 0 spiro atoms. The normalized spacial score (nSPS) is 18.7. The fourth-order valence-electron chi connectivity index (χ4n) is 6.87. The van der Waals surface area contributed by atoms with Gasteiger partial charge in [-0.05, 0) is 125 Å². The molecular formula is C34H41ClF6N4O. The van der Waals surface area contributed by atoms with Crippen molar-refractivity contribution >= 4 is 29.3 Å². The van der Waals surface area contributed by atoms with Crippen LogP contribution >= 0.6 is 11.6 Å². The molecule has 2 heterocycles. The quantitative estimate of drug-likeness (QED) is 0.166. The summed E-state index contributed by atoms with van der Waals surface area (Å²) in [5.41, 5.74) is -3.87. The molecule has 1 atom stereocenters. The molecule has 0 radical (unpaired) electrons. The first-order valence-corrected chi connectivity index (χ1v) is 16.2. The first-order chi connectivity index (χ1) is 21.7. The molecule has 12 heteroatoms. The molecule has 0 unspecified atom stereocenters. The highest BCUT2D eigenvalue weighted by molar-refractivity contribution is 6.39. The zero-order valence-corrected chi connectivity index (χ0v) is 26.5. The Kier molecular flexibility index (Phi) is 12.1. The van der Waals surface area contributed by atoms with Crippen molar-refractivity contribution in [1.82, 2.24) is 9.80 Å². The lowest BCUT2D eigenvalue weighted by molar-refractivity contribution is -0.143. The minimum atomic E-state index is -5.04. The van der Waals surface area contributed by atoms with E-state index in [9.17, 15) is 31.1 Å². The second-order valence-electron chi connectivity index (χ2n) is 12.6. The topological polar surface area (TPSA) is 71.2 Å². The van der Waals surface area contributed by atoms with Crippen LogP contribution in [0.25, 0.3) is 0 Å². The molecule has 0 bridgehead atoms. The van der Waals surface area contributed by atoms with Crippen LogP contribution in [0.3, 0.4) is 0 Å². The number of Topliss-reactive ketones (excluding diaryl/α,β-unsaturated/α-hetero) is 1. The lowest BCUT2D eigenvalue weighted by Crippen LogP contribution is -2.47. The molecule has 2 fully saturated rings. The molecule has 2 aromatic carbocycles. The van der Waals surface area contributed by atoms with Crippen LogP contribution in [-0.2, 0) is 29.0 Å². The molecule has 0 saturated carbocycles. The smallest absolute Gasteiger partial charge is 0.313 e. The van der Waals surface area contributed by atoms with Crippen molar-refractivity contribution in [3.05, 3.63) is 69.7 Å². The highest BCUT2D eigenvalue weighted by Gasteiger charge is 2.38. The molecule has 2 aromatic rings. The Bertz CT molecular complexity index is 1330. The number of likely N-dealkylation sites (tertiary alicyclic amines) is 2. The third-order valence-electron chi connectivity index (χ3n) is 9.44. The van der Waals surface area contributed by atoms with Crippen LogP contribution in [0.2, 0.25) is 5.02 Å². The summed E-state index contributed by atoms with van der Waals surface area (Å²) in [6, 6.07) is 8.77. The number of rotatable bonds is 13. The van der Waals surface area contributed by atoms with E-state index in [2.05, 4.69) is 9.80 Å². The van der Waals surface area contributed by atoms with E-state index >= 15 is 0 Å². The van der Waals surface area contributed by atoms with Crippen molar-refractivity contribution in [3.8, 4) is 0 Å². The lowest BCUT2D eigenvalue weighted by atomic mass is 9.69. The highest BCUT2D eigenvalue weighted by atomic mass is 35.5. The number of nitrogens with one attached hydrogen (secondary N) is 2. The van der Waals surface area contributed by atoms with Crippen molar-refractivity contribution in [2.75, 3.05) is 32.7 Å². The number of alkyl halides is 6. The molecular weight excluding hydrogens is 630 g/mol. The monoisotopic (exact) mass is 670 g/mol. The Morgan fingerprint density at radius 1 is 0.870 bits per heavy atom. The Hall–Kier alpha value is -2.76. The fourth-order valence-corrected chi connectivity index (χ4v) is 7.06. The molecule has 2 aliphatic rings. The largest absolute Gasteiger partial charge is 0.416 e. The predicted molar refractivity (Wildman–Crippen MR) is 168 cm³/mol. The molecule has 252 valence electrons. The van der Waals surface area contributed by atoms with Gasteiger partial charge in [-0.2, -0.15) is 26.3 Å². The van der Waals surface area contributed by atoms with Crippen molar-refractivity contribution in [3.63, 3.8) is 0 Å². The van der Waals surface area contributed by atoms with E-state index in [1.807, 2.05) is 6.07 Å². The maximum Gasteiger partial charge on any atom is 0.416 e. The van der Waals surface area contributed by atoms with Crippen LogP contribution in [0.5, 0.6) is 0 Å². The molecule has 2 saturated heterocycles. The van der Waals surface area contributed by atoms with Gasteiger partial charge < -0.3 is 20.6 Å². The van der Waals surface area contributed by atoms with E-state index in [-0.39, 0.29) is 18.2 Å². The standard InChI is InChI=1S/C34H41ClF6N4O/c35-28-7-4-6-25(22-28)32(10-5-12-42,11-17-44-15-8-29(9-16-44)45-13-2-1-3-14-45)23-30(43)31(46)20-24-18-26(33(36,37)38)21-27(19-24)34(39,40)41/h4,6-7,12,18-19,21-22,29,42-43H,1-3,5,8-11,13-17,20,23H2/t32-/m0/s1. The summed E-state index contributed by atoms with van der Waals surface area (Å²) in [6.45, 7) is 4.76. The third-order valence-corrected chi connectivity index (χ3v) is 9.67. The molecule has 4 rings (SSSR count). The van der Waals surface area contributed by atoms with Gasteiger partial charge in [0.25, 0.3) is 0 Å². The average molecular weight is 671 g/mol. The van der Waals surface area contributed by atoms with Gasteiger partial charge in [0, 0.05) is 29.3 Å². The third kappa shape index (κ3) is 9.64. The summed E-state index contributed by atoms with van der Waals surface area (Å²) >= 11 is 6.37. The summed E-state index contributed by atoms with van der Waals surface area (Å²) in [7, 11) is 0. The predicted octanol–water partition coefficient (Wildman–Crippen LogP) is 8.61. The molecule has 2 aliphatic heterocycles. The van der Waals surface area contributed by atoms with Crippen molar-refractivity contribution in [1.29, 1.82) is 10.8 Å². The second-order valence-corrected chi connectivity index (χ2v) is 13.1. The van der Waals surface area contributed by atoms with Gasteiger partial charge >= 0.3 is 12.4 Å². The minimum absolute atomic E-state index is 0.0240. The highest BCUT2D eigenvalue weighted by Crippen LogP contribution is 2.40. The van der Waals surface area contributed by atoms with Crippen LogP contribution in [-0.4, -0.2) is 66.3 Å². The number of benzene rings is 2. The van der Waals surface area contributed by atoms with Gasteiger partial charge in [-0.25, -0.2) is 0 Å². The minimum Gasteiger partial charge on any atom is -0.313 e. The van der Waals surface area contributed by atoms with Crippen molar-refractivity contribution in [2.24, 2.45) is 0 Å². The van der Waals surface area contributed by atoms with Gasteiger partial charge in [0.05, 0.1) is 16.8 Å². The van der Waals surface area contributed by atoms with Crippen LogP contribution in [0.15, 0.2) is 42.5 Å². The van der Waals surface area contributed by atoms with Gasteiger partial charge in [-0.15, -0.1) is 0 Å². The van der Waals surface area contributed by atoms with E-state index in [1.54, 1.807) is 18.2 Å². The fraction of sp³-hybridized carbons (Fsp3) is 0.559. The van der Waals surface area contributed by atoms with Crippen molar-refractivity contribution in [2.45, 2.75) is 88.0 Å². The molecule has 2 N–H and O–H groups in total. The lowest BCUT2D eigenvalue weighted by Gasteiger charge is -2.42. The van der Waals surface area contributed by atoms with Crippen LogP contribution in [0.1, 0.15) is 80.0 Å².